The van der Waals surface area contributed by atoms with E-state index in [1.165, 1.54) is 0 Å². The summed E-state index contributed by atoms with van der Waals surface area (Å²) in [6.45, 7) is 13.9. The van der Waals surface area contributed by atoms with Crippen LogP contribution in [-0.4, -0.2) is 74.0 Å². The minimum absolute atomic E-state index is 0.299. The number of guanidine groups is 1. The molecule has 6 heteroatoms. The molecular formula is C16H33N5O. The Morgan fingerprint density at radius 2 is 2.05 bits per heavy atom. The van der Waals surface area contributed by atoms with Crippen molar-refractivity contribution in [3.8, 4) is 0 Å². The van der Waals surface area contributed by atoms with E-state index in [0.717, 1.165) is 77.6 Å². The Morgan fingerprint density at radius 3 is 2.64 bits per heavy atom. The first-order valence-electron chi connectivity index (χ1n) is 8.73. The molecule has 1 rings (SSSR count). The minimum Gasteiger partial charge on any atom is -0.357 e. The van der Waals surface area contributed by atoms with E-state index in [9.17, 15) is 4.79 Å². The number of nitrogens with one attached hydrogen (secondary N) is 2. The van der Waals surface area contributed by atoms with E-state index in [4.69, 9.17) is 0 Å². The fourth-order valence-electron chi connectivity index (χ4n) is 2.61. The van der Waals surface area contributed by atoms with Crippen LogP contribution in [0.3, 0.4) is 0 Å². The molecule has 0 unspecified atom stereocenters. The van der Waals surface area contributed by atoms with E-state index >= 15 is 0 Å². The molecule has 1 fully saturated rings. The zero-order valence-corrected chi connectivity index (χ0v) is 14.5. The molecule has 0 radical (unpaired) electrons. The molecule has 6 nitrogen and oxygen atoms in total. The van der Waals surface area contributed by atoms with Crippen molar-refractivity contribution >= 4 is 11.9 Å². The van der Waals surface area contributed by atoms with Crippen LogP contribution in [-0.2, 0) is 4.79 Å². The van der Waals surface area contributed by atoms with Gasteiger partial charge < -0.3 is 20.4 Å². The summed E-state index contributed by atoms with van der Waals surface area (Å²) < 4.78 is 0. The van der Waals surface area contributed by atoms with E-state index in [1.807, 2.05) is 4.90 Å². The van der Waals surface area contributed by atoms with Crippen LogP contribution >= 0.6 is 0 Å². The molecule has 2 N–H and O–H groups in total. The molecule has 0 bridgehead atoms. The van der Waals surface area contributed by atoms with Gasteiger partial charge >= 0.3 is 0 Å². The van der Waals surface area contributed by atoms with Gasteiger partial charge in [-0.05, 0) is 32.9 Å². The van der Waals surface area contributed by atoms with E-state index in [-0.39, 0.29) is 0 Å². The lowest BCUT2D eigenvalue weighted by Crippen LogP contribution is -2.41. The summed E-state index contributed by atoms with van der Waals surface area (Å²) in [6, 6.07) is 0. The first kappa shape index (κ1) is 18.7. The summed E-state index contributed by atoms with van der Waals surface area (Å²) in [6.07, 6.45) is 2.66. The highest BCUT2D eigenvalue weighted by Crippen LogP contribution is 2.09. The second kappa shape index (κ2) is 11.3. The lowest BCUT2D eigenvalue weighted by Gasteiger charge is -2.19. The molecule has 1 heterocycles. The Balaban J connectivity index is 2.24. The first-order valence-corrected chi connectivity index (χ1v) is 8.73. The Morgan fingerprint density at radius 1 is 1.27 bits per heavy atom. The molecular weight excluding hydrogens is 278 g/mol. The number of likely N-dealkylation sites (N-methyl/N-ethyl adjacent to an activating group) is 1. The molecule has 0 aliphatic carbocycles. The second-order valence-corrected chi connectivity index (χ2v) is 5.55. The molecule has 1 aliphatic rings. The van der Waals surface area contributed by atoms with Gasteiger partial charge in [-0.2, -0.15) is 0 Å². The quantitative estimate of drug-likeness (QED) is 0.357. The van der Waals surface area contributed by atoms with E-state index < -0.39 is 0 Å². The lowest BCUT2D eigenvalue weighted by atomic mass is 10.4. The highest BCUT2D eigenvalue weighted by Gasteiger charge is 2.18. The summed E-state index contributed by atoms with van der Waals surface area (Å²) in [5, 5.41) is 6.64. The molecule has 0 atom stereocenters. The number of amides is 1. The van der Waals surface area contributed by atoms with Gasteiger partial charge in [0.15, 0.2) is 5.96 Å². The van der Waals surface area contributed by atoms with Gasteiger partial charge in [-0.3, -0.25) is 9.79 Å². The highest BCUT2D eigenvalue weighted by molar-refractivity contribution is 5.79. The van der Waals surface area contributed by atoms with Crippen LogP contribution in [0.1, 0.15) is 40.0 Å². The van der Waals surface area contributed by atoms with Gasteiger partial charge in [0, 0.05) is 45.7 Å². The molecule has 0 aromatic carbocycles. The summed E-state index contributed by atoms with van der Waals surface area (Å²) in [4.78, 5) is 20.5. The number of aliphatic imine (C=N–C) groups is 1. The standard InChI is InChI=1S/C16H33N5O/c1-4-17-16(19-11-14-20(5-2)6-3)18-10-8-13-21-12-7-9-15(21)22/h4-14H2,1-3H3,(H2,17,18,19). The molecule has 1 saturated heterocycles. The number of hydrogen-bond acceptors (Lipinski definition) is 3. The van der Waals surface area contributed by atoms with Crippen molar-refractivity contribution in [3.63, 3.8) is 0 Å². The van der Waals surface area contributed by atoms with Gasteiger partial charge in [0.1, 0.15) is 0 Å². The topological polar surface area (TPSA) is 60.0 Å². The molecule has 0 saturated carbocycles. The monoisotopic (exact) mass is 311 g/mol. The second-order valence-electron chi connectivity index (χ2n) is 5.55. The first-order chi connectivity index (χ1) is 10.7. The van der Waals surface area contributed by atoms with Crippen LogP contribution in [0.15, 0.2) is 4.99 Å². The van der Waals surface area contributed by atoms with Gasteiger partial charge in [-0.1, -0.05) is 13.8 Å². The Bertz CT molecular complexity index is 341. The van der Waals surface area contributed by atoms with Gasteiger partial charge in [0.05, 0.1) is 0 Å². The molecule has 0 aromatic heterocycles. The summed E-state index contributed by atoms with van der Waals surface area (Å²) >= 11 is 0. The molecule has 22 heavy (non-hydrogen) atoms. The van der Waals surface area contributed by atoms with E-state index in [0.29, 0.717) is 5.91 Å². The summed E-state index contributed by atoms with van der Waals surface area (Å²) in [5.41, 5.74) is 0. The van der Waals surface area contributed by atoms with Crippen molar-refractivity contribution in [2.45, 2.75) is 40.0 Å². The molecule has 1 aliphatic heterocycles. The van der Waals surface area contributed by atoms with Crippen molar-refractivity contribution in [3.05, 3.63) is 0 Å². The van der Waals surface area contributed by atoms with Gasteiger partial charge in [-0.15, -0.1) is 0 Å². The molecule has 0 spiro atoms. The van der Waals surface area contributed by atoms with Crippen molar-refractivity contribution < 1.29 is 4.79 Å². The third-order valence-corrected chi connectivity index (χ3v) is 3.99. The molecule has 0 aromatic rings. The van der Waals surface area contributed by atoms with Crippen LogP contribution in [0.4, 0.5) is 0 Å². The van der Waals surface area contributed by atoms with Crippen LogP contribution in [0, 0.1) is 0 Å². The zero-order chi connectivity index (χ0) is 16.2. The number of rotatable bonds is 10. The number of carbonyl (C=O) groups is 1. The summed E-state index contributed by atoms with van der Waals surface area (Å²) in [7, 11) is 0. The number of carbonyl (C=O) groups excluding carboxylic acids is 1. The van der Waals surface area contributed by atoms with Gasteiger partial charge in [0.25, 0.3) is 0 Å². The predicted octanol–water partition coefficient (Wildman–Crippen LogP) is 0.896. The lowest BCUT2D eigenvalue weighted by molar-refractivity contribution is -0.127. The van der Waals surface area contributed by atoms with Gasteiger partial charge in [-0.25, -0.2) is 0 Å². The zero-order valence-electron chi connectivity index (χ0n) is 14.5. The number of hydrogen-bond donors (Lipinski definition) is 2. The Hall–Kier alpha value is -1.30. The smallest absolute Gasteiger partial charge is 0.222 e. The fourth-order valence-corrected chi connectivity index (χ4v) is 2.61. The number of nitrogens with zero attached hydrogens (tertiary/aromatic N) is 3. The Labute approximate surface area is 135 Å². The average Bonchev–Trinajstić information content (AvgIpc) is 2.93. The average molecular weight is 311 g/mol. The van der Waals surface area contributed by atoms with Crippen molar-refractivity contribution in [1.29, 1.82) is 0 Å². The van der Waals surface area contributed by atoms with E-state index in [1.54, 1.807) is 0 Å². The third-order valence-electron chi connectivity index (χ3n) is 3.99. The highest BCUT2D eigenvalue weighted by atomic mass is 16.2. The van der Waals surface area contributed by atoms with Gasteiger partial charge in [0.2, 0.25) is 5.91 Å². The Kier molecular flexibility index (Phi) is 9.62. The largest absolute Gasteiger partial charge is 0.357 e. The maximum Gasteiger partial charge on any atom is 0.222 e. The SMILES string of the molecule is CCNC(=NCCCN1CCCC1=O)NCCN(CC)CC. The molecule has 1 amide bonds. The fraction of sp³-hybridized carbons (Fsp3) is 0.875. The minimum atomic E-state index is 0.299. The van der Waals surface area contributed by atoms with Crippen LogP contribution in [0.25, 0.3) is 0 Å². The third kappa shape index (κ3) is 7.11. The van der Waals surface area contributed by atoms with Crippen molar-refractivity contribution in [2.24, 2.45) is 4.99 Å². The van der Waals surface area contributed by atoms with E-state index in [2.05, 4.69) is 41.3 Å². The van der Waals surface area contributed by atoms with Crippen LogP contribution < -0.4 is 10.6 Å². The maximum atomic E-state index is 11.5. The van der Waals surface area contributed by atoms with Crippen molar-refractivity contribution in [2.75, 3.05) is 52.4 Å². The molecule has 128 valence electrons. The van der Waals surface area contributed by atoms with Crippen molar-refractivity contribution in [1.82, 2.24) is 20.4 Å². The maximum absolute atomic E-state index is 11.5. The van der Waals surface area contributed by atoms with Crippen LogP contribution in [0.2, 0.25) is 0 Å². The van der Waals surface area contributed by atoms with Crippen LogP contribution in [0.5, 0.6) is 0 Å². The number of likely N-dealkylation sites (tertiary alicyclic amines) is 1. The predicted molar refractivity (Wildman–Crippen MR) is 92.2 cm³/mol. The summed E-state index contributed by atoms with van der Waals surface area (Å²) in [5.74, 6) is 1.18. The normalized spacial score (nSPS) is 15.7.